The molecule has 2 aliphatic heterocycles. The number of nitrogens with two attached hydrogens (primary N) is 1. The monoisotopic (exact) mass is 483 g/mol. The van der Waals surface area contributed by atoms with Gasteiger partial charge in [0.1, 0.15) is 12.9 Å². The highest BCUT2D eigenvalue weighted by atomic mass is 35.5. The van der Waals surface area contributed by atoms with Crippen LogP contribution in [-0.2, 0) is 22.6 Å². The number of nitrogens with zero attached hydrogens (tertiary/aromatic N) is 4. The van der Waals surface area contributed by atoms with Crippen molar-refractivity contribution < 1.29 is 9.63 Å². The third kappa shape index (κ3) is 6.48. The lowest BCUT2D eigenvalue weighted by molar-refractivity contribution is -0.138. The summed E-state index contributed by atoms with van der Waals surface area (Å²) in [5.74, 6) is 1.32. The number of anilines is 1. The molecule has 2 fully saturated rings. The molecule has 0 atom stereocenters. The van der Waals surface area contributed by atoms with Crippen molar-refractivity contribution in [2.24, 2.45) is 17.0 Å². The molecule has 3 heterocycles. The molecular formula is C26H34ClN5O2. The van der Waals surface area contributed by atoms with E-state index < -0.39 is 0 Å². The van der Waals surface area contributed by atoms with E-state index in [0.29, 0.717) is 17.6 Å². The molecule has 4 rings (SSSR count). The number of hydrogen-bond donors (Lipinski definition) is 1. The SMILES string of the molecule is CON=C(Cc1ccc(Cl)cc1)C1CCN(C(=O)C2CCN(Cc3ccnc(N)c3)CC2)CC1. The second-order valence-corrected chi connectivity index (χ2v) is 9.74. The van der Waals surface area contributed by atoms with Gasteiger partial charge in [-0.25, -0.2) is 4.98 Å². The molecule has 0 saturated carbocycles. The van der Waals surface area contributed by atoms with Crippen LogP contribution in [0.2, 0.25) is 5.02 Å². The number of piperidine rings is 2. The van der Waals surface area contributed by atoms with Crippen LogP contribution in [0.4, 0.5) is 5.82 Å². The van der Waals surface area contributed by atoms with E-state index >= 15 is 0 Å². The highest BCUT2D eigenvalue weighted by molar-refractivity contribution is 6.30. The smallest absolute Gasteiger partial charge is 0.225 e. The molecule has 8 heteroatoms. The van der Waals surface area contributed by atoms with Crippen LogP contribution in [0.25, 0.3) is 0 Å². The predicted molar refractivity (Wildman–Crippen MR) is 136 cm³/mol. The molecule has 1 amide bonds. The van der Waals surface area contributed by atoms with E-state index in [1.54, 1.807) is 13.3 Å². The second kappa shape index (κ2) is 11.7. The van der Waals surface area contributed by atoms with Gasteiger partial charge in [-0.15, -0.1) is 0 Å². The number of aromatic nitrogens is 1. The minimum absolute atomic E-state index is 0.122. The number of pyridine rings is 1. The average Bonchev–Trinajstić information content (AvgIpc) is 2.85. The van der Waals surface area contributed by atoms with Crippen molar-refractivity contribution >= 4 is 29.0 Å². The van der Waals surface area contributed by atoms with E-state index in [0.717, 1.165) is 75.6 Å². The number of benzene rings is 1. The summed E-state index contributed by atoms with van der Waals surface area (Å²) in [5, 5.41) is 5.07. The van der Waals surface area contributed by atoms with E-state index in [1.165, 1.54) is 11.1 Å². The first-order valence-electron chi connectivity index (χ1n) is 12.1. The zero-order valence-corrected chi connectivity index (χ0v) is 20.6. The van der Waals surface area contributed by atoms with Gasteiger partial charge in [0.05, 0.1) is 5.71 Å². The van der Waals surface area contributed by atoms with E-state index in [2.05, 4.69) is 19.9 Å². The number of carbonyl (C=O) groups is 1. The van der Waals surface area contributed by atoms with Crippen LogP contribution in [0.3, 0.4) is 0 Å². The summed E-state index contributed by atoms with van der Waals surface area (Å²) in [7, 11) is 1.59. The zero-order valence-electron chi connectivity index (χ0n) is 19.8. The fraction of sp³-hybridized carbons (Fsp3) is 0.500. The largest absolute Gasteiger partial charge is 0.399 e. The Morgan fingerprint density at radius 3 is 2.38 bits per heavy atom. The maximum atomic E-state index is 13.2. The molecule has 182 valence electrons. The molecule has 7 nitrogen and oxygen atoms in total. The van der Waals surface area contributed by atoms with Crippen molar-refractivity contribution in [3.05, 3.63) is 58.7 Å². The highest BCUT2D eigenvalue weighted by Crippen LogP contribution is 2.26. The van der Waals surface area contributed by atoms with E-state index in [-0.39, 0.29) is 5.92 Å². The normalized spacial score (nSPS) is 18.8. The molecule has 2 aliphatic rings. The Morgan fingerprint density at radius 1 is 1.06 bits per heavy atom. The first-order valence-corrected chi connectivity index (χ1v) is 12.5. The summed E-state index contributed by atoms with van der Waals surface area (Å²) in [6, 6.07) is 11.8. The molecule has 2 saturated heterocycles. The molecule has 0 aliphatic carbocycles. The van der Waals surface area contributed by atoms with Crippen molar-refractivity contribution in [3.63, 3.8) is 0 Å². The van der Waals surface area contributed by atoms with Gasteiger partial charge in [0.25, 0.3) is 0 Å². The molecule has 2 N–H and O–H groups in total. The zero-order chi connectivity index (χ0) is 23.9. The Kier molecular flexibility index (Phi) is 8.40. The lowest BCUT2D eigenvalue weighted by Crippen LogP contribution is -2.46. The summed E-state index contributed by atoms with van der Waals surface area (Å²) in [4.78, 5) is 26.9. The molecule has 34 heavy (non-hydrogen) atoms. The Labute approximate surface area is 206 Å². The maximum Gasteiger partial charge on any atom is 0.225 e. The Morgan fingerprint density at radius 2 is 1.74 bits per heavy atom. The van der Waals surface area contributed by atoms with Gasteiger partial charge < -0.3 is 15.5 Å². The first kappa shape index (κ1) is 24.5. The van der Waals surface area contributed by atoms with Crippen molar-refractivity contribution in [3.8, 4) is 0 Å². The Balaban J connectivity index is 1.25. The van der Waals surface area contributed by atoms with Crippen LogP contribution in [0.15, 0.2) is 47.8 Å². The Bertz CT molecular complexity index is 981. The number of oxime groups is 1. The van der Waals surface area contributed by atoms with Crippen LogP contribution < -0.4 is 5.73 Å². The van der Waals surface area contributed by atoms with Crippen molar-refractivity contribution in [1.29, 1.82) is 0 Å². The molecule has 1 aromatic carbocycles. The summed E-state index contributed by atoms with van der Waals surface area (Å²) in [6.45, 7) is 4.28. The van der Waals surface area contributed by atoms with Crippen LogP contribution in [-0.4, -0.2) is 59.7 Å². The van der Waals surface area contributed by atoms with Crippen molar-refractivity contribution in [2.75, 3.05) is 39.0 Å². The Hall–Kier alpha value is -2.64. The predicted octanol–water partition coefficient (Wildman–Crippen LogP) is 4.01. The topological polar surface area (TPSA) is 84.0 Å². The van der Waals surface area contributed by atoms with Crippen LogP contribution in [0, 0.1) is 11.8 Å². The summed E-state index contributed by atoms with van der Waals surface area (Å²) in [6.07, 6.45) is 6.15. The number of hydrogen-bond acceptors (Lipinski definition) is 6. The highest BCUT2D eigenvalue weighted by Gasteiger charge is 2.32. The van der Waals surface area contributed by atoms with Crippen molar-refractivity contribution in [2.45, 2.75) is 38.6 Å². The number of nitrogen functional groups attached to an aromatic ring is 1. The molecule has 0 unspecified atom stereocenters. The number of halogens is 1. The van der Waals surface area contributed by atoms with Gasteiger partial charge in [-0.05, 0) is 74.2 Å². The van der Waals surface area contributed by atoms with Crippen molar-refractivity contribution in [1.82, 2.24) is 14.8 Å². The quantitative estimate of drug-likeness (QED) is 0.475. The third-order valence-electron chi connectivity index (χ3n) is 6.97. The molecule has 2 aromatic rings. The summed E-state index contributed by atoms with van der Waals surface area (Å²) >= 11 is 6.02. The molecular weight excluding hydrogens is 450 g/mol. The number of carbonyl (C=O) groups excluding carboxylic acids is 1. The average molecular weight is 484 g/mol. The van der Waals surface area contributed by atoms with Gasteiger partial charge in [-0.1, -0.05) is 28.9 Å². The number of amides is 1. The minimum Gasteiger partial charge on any atom is -0.399 e. The van der Waals surface area contributed by atoms with Crippen LogP contribution in [0.1, 0.15) is 36.8 Å². The summed E-state index contributed by atoms with van der Waals surface area (Å²) < 4.78 is 0. The van der Waals surface area contributed by atoms with E-state index in [9.17, 15) is 4.79 Å². The van der Waals surface area contributed by atoms with E-state index in [1.807, 2.05) is 36.4 Å². The van der Waals surface area contributed by atoms with Gasteiger partial charge in [0.15, 0.2) is 0 Å². The van der Waals surface area contributed by atoms with Gasteiger partial charge in [0, 0.05) is 49.1 Å². The second-order valence-electron chi connectivity index (χ2n) is 9.31. The summed E-state index contributed by atoms with van der Waals surface area (Å²) in [5.41, 5.74) is 9.18. The minimum atomic E-state index is 0.122. The number of likely N-dealkylation sites (tertiary alicyclic amines) is 2. The maximum absolute atomic E-state index is 13.2. The van der Waals surface area contributed by atoms with Gasteiger partial charge in [-0.3, -0.25) is 9.69 Å². The molecule has 0 spiro atoms. The van der Waals surface area contributed by atoms with Gasteiger partial charge >= 0.3 is 0 Å². The fourth-order valence-corrected chi connectivity index (χ4v) is 5.19. The third-order valence-corrected chi connectivity index (χ3v) is 7.23. The van der Waals surface area contributed by atoms with E-state index in [4.69, 9.17) is 22.2 Å². The standard InChI is InChI=1S/C26H34ClN5O2/c1-34-30-24(16-19-2-4-23(27)5-3-19)21-9-14-32(15-10-21)26(33)22-7-12-31(13-8-22)18-20-6-11-29-25(28)17-20/h2-6,11,17,21-22H,7-10,12-16,18H2,1H3,(H2,28,29). The lowest BCUT2D eigenvalue weighted by Gasteiger charge is -2.37. The number of rotatable bonds is 7. The van der Waals surface area contributed by atoms with Gasteiger partial charge in [0.2, 0.25) is 5.91 Å². The molecule has 1 aromatic heterocycles. The fourth-order valence-electron chi connectivity index (χ4n) is 5.06. The molecule has 0 bridgehead atoms. The van der Waals surface area contributed by atoms with Crippen LogP contribution in [0.5, 0.6) is 0 Å². The van der Waals surface area contributed by atoms with Crippen LogP contribution >= 0.6 is 11.6 Å². The lowest BCUT2D eigenvalue weighted by atomic mass is 9.87. The first-order chi connectivity index (χ1) is 16.5. The van der Waals surface area contributed by atoms with Gasteiger partial charge in [-0.2, -0.15) is 0 Å². The molecule has 0 radical (unpaired) electrons.